The van der Waals surface area contributed by atoms with E-state index < -0.39 is 0 Å². The van der Waals surface area contributed by atoms with E-state index in [2.05, 4.69) is 48.6 Å². The predicted molar refractivity (Wildman–Crippen MR) is 92.9 cm³/mol. The molecular weight excluding hydrogens is 280 g/mol. The molecule has 0 aliphatic carbocycles. The average molecular weight is 306 g/mol. The summed E-state index contributed by atoms with van der Waals surface area (Å²) in [5, 5.41) is 4.45. The fourth-order valence-electron chi connectivity index (χ4n) is 2.54. The number of benzene rings is 1. The first-order valence-corrected chi connectivity index (χ1v) is 8.89. The maximum absolute atomic E-state index is 6.01. The van der Waals surface area contributed by atoms with Crippen molar-refractivity contribution in [1.82, 2.24) is 10.2 Å². The van der Waals surface area contributed by atoms with Gasteiger partial charge in [0.25, 0.3) is 0 Å². The second-order valence-electron chi connectivity index (χ2n) is 5.58. The molecule has 1 unspecified atom stereocenters. The summed E-state index contributed by atoms with van der Waals surface area (Å²) in [6, 6.07) is 8.90. The summed E-state index contributed by atoms with van der Waals surface area (Å²) in [4.78, 5) is 2.42. The maximum atomic E-state index is 6.01. The molecule has 0 aliphatic heterocycles. The van der Waals surface area contributed by atoms with E-state index in [9.17, 15) is 0 Å². The van der Waals surface area contributed by atoms with Gasteiger partial charge in [0.1, 0.15) is 11.3 Å². The van der Waals surface area contributed by atoms with Crippen LogP contribution in [-0.2, 0) is 13.1 Å². The highest BCUT2D eigenvalue weighted by Gasteiger charge is 2.17. The van der Waals surface area contributed by atoms with Gasteiger partial charge in [-0.1, -0.05) is 18.2 Å². The zero-order valence-electron chi connectivity index (χ0n) is 13.5. The number of fused-ring (bicyclic) bond motifs is 1. The van der Waals surface area contributed by atoms with Gasteiger partial charge in [0, 0.05) is 23.5 Å². The Labute approximate surface area is 132 Å². The Morgan fingerprint density at radius 3 is 2.81 bits per heavy atom. The van der Waals surface area contributed by atoms with E-state index in [1.807, 2.05) is 24.9 Å². The van der Waals surface area contributed by atoms with Crippen LogP contribution in [0.25, 0.3) is 11.0 Å². The van der Waals surface area contributed by atoms with Crippen LogP contribution in [-0.4, -0.2) is 37.0 Å². The lowest BCUT2D eigenvalue weighted by molar-refractivity contribution is 0.243. The SMILES string of the molecule is CNCc1oc2ccccc2c1CN(C)C(C)CCSC. The van der Waals surface area contributed by atoms with E-state index in [0.717, 1.165) is 24.4 Å². The Morgan fingerprint density at radius 2 is 2.10 bits per heavy atom. The van der Waals surface area contributed by atoms with Gasteiger partial charge in [0.05, 0.1) is 6.54 Å². The number of para-hydroxylation sites is 1. The minimum Gasteiger partial charge on any atom is -0.459 e. The molecule has 2 aromatic rings. The van der Waals surface area contributed by atoms with Gasteiger partial charge in [-0.05, 0) is 45.5 Å². The lowest BCUT2D eigenvalue weighted by atomic mass is 10.1. The van der Waals surface area contributed by atoms with E-state index in [-0.39, 0.29) is 0 Å². The number of hydrogen-bond acceptors (Lipinski definition) is 4. The quantitative estimate of drug-likeness (QED) is 0.804. The predicted octanol–water partition coefficient (Wildman–Crippen LogP) is 3.73. The van der Waals surface area contributed by atoms with Crippen molar-refractivity contribution in [3.63, 3.8) is 0 Å². The number of thioether (sulfide) groups is 1. The summed E-state index contributed by atoms with van der Waals surface area (Å²) in [6.45, 7) is 4.01. The summed E-state index contributed by atoms with van der Waals surface area (Å²) >= 11 is 1.91. The van der Waals surface area contributed by atoms with Crippen LogP contribution in [0.2, 0.25) is 0 Å². The molecule has 1 N–H and O–H groups in total. The standard InChI is InChI=1S/C17H26N2OS/c1-13(9-10-21-4)19(3)12-15-14-7-5-6-8-16(14)20-17(15)11-18-2/h5-8,13,18H,9-12H2,1-4H3. The zero-order chi connectivity index (χ0) is 15.2. The van der Waals surface area contributed by atoms with E-state index in [1.165, 1.54) is 23.1 Å². The second kappa shape index (κ2) is 7.87. The Hall–Kier alpha value is -0.970. The summed E-state index contributed by atoms with van der Waals surface area (Å²) in [7, 11) is 4.16. The monoisotopic (exact) mass is 306 g/mol. The highest BCUT2D eigenvalue weighted by Crippen LogP contribution is 2.27. The molecule has 0 saturated heterocycles. The molecule has 0 amide bonds. The number of furan rings is 1. The highest BCUT2D eigenvalue weighted by molar-refractivity contribution is 7.98. The normalized spacial score (nSPS) is 13.2. The summed E-state index contributed by atoms with van der Waals surface area (Å²) in [6.07, 6.45) is 3.39. The van der Waals surface area contributed by atoms with Crippen LogP contribution in [0.5, 0.6) is 0 Å². The van der Waals surface area contributed by atoms with Crippen molar-refractivity contribution >= 4 is 22.7 Å². The molecule has 0 aliphatic rings. The van der Waals surface area contributed by atoms with Crippen LogP contribution < -0.4 is 5.32 Å². The van der Waals surface area contributed by atoms with Crippen LogP contribution in [0.3, 0.4) is 0 Å². The highest BCUT2D eigenvalue weighted by atomic mass is 32.2. The Morgan fingerprint density at radius 1 is 1.33 bits per heavy atom. The fourth-order valence-corrected chi connectivity index (χ4v) is 3.12. The van der Waals surface area contributed by atoms with Crippen LogP contribution in [0.4, 0.5) is 0 Å². The third-order valence-corrected chi connectivity index (χ3v) is 4.66. The van der Waals surface area contributed by atoms with Crippen LogP contribution in [0.15, 0.2) is 28.7 Å². The minimum atomic E-state index is 0.577. The molecule has 1 atom stereocenters. The van der Waals surface area contributed by atoms with Crippen LogP contribution in [0, 0.1) is 0 Å². The van der Waals surface area contributed by atoms with Crippen molar-refractivity contribution < 1.29 is 4.42 Å². The molecule has 1 aromatic carbocycles. The van der Waals surface area contributed by atoms with E-state index >= 15 is 0 Å². The zero-order valence-corrected chi connectivity index (χ0v) is 14.3. The van der Waals surface area contributed by atoms with Gasteiger partial charge in [-0.15, -0.1) is 0 Å². The largest absolute Gasteiger partial charge is 0.459 e. The Balaban J connectivity index is 2.21. The maximum Gasteiger partial charge on any atom is 0.134 e. The molecule has 0 bridgehead atoms. The first-order chi connectivity index (χ1) is 10.2. The summed E-state index contributed by atoms with van der Waals surface area (Å²) in [5.41, 5.74) is 2.31. The smallest absolute Gasteiger partial charge is 0.134 e. The molecule has 0 saturated carbocycles. The van der Waals surface area contributed by atoms with Crippen LogP contribution in [0.1, 0.15) is 24.7 Å². The molecule has 0 radical (unpaired) electrons. The number of nitrogens with one attached hydrogen (secondary N) is 1. The Kier molecular flexibility index (Phi) is 6.15. The van der Waals surface area contributed by atoms with Crippen LogP contribution >= 0.6 is 11.8 Å². The van der Waals surface area contributed by atoms with Crippen molar-refractivity contribution in [2.75, 3.05) is 26.1 Å². The molecule has 116 valence electrons. The molecular formula is C17H26N2OS. The fraction of sp³-hybridized carbons (Fsp3) is 0.529. The molecule has 0 fully saturated rings. The summed E-state index contributed by atoms with van der Waals surface area (Å²) < 4.78 is 6.01. The lowest BCUT2D eigenvalue weighted by Crippen LogP contribution is -2.29. The summed E-state index contributed by atoms with van der Waals surface area (Å²) in [5.74, 6) is 2.27. The van der Waals surface area contributed by atoms with Crippen molar-refractivity contribution in [1.29, 1.82) is 0 Å². The van der Waals surface area contributed by atoms with Gasteiger partial charge in [-0.2, -0.15) is 11.8 Å². The van der Waals surface area contributed by atoms with Crippen molar-refractivity contribution in [3.05, 3.63) is 35.6 Å². The molecule has 2 rings (SSSR count). The number of hydrogen-bond donors (Lipinski definition) is 1. The molecule has 1 heterocycles. The van der Waals surface area contributed by atoms with Crippen molar-refractivity contribution in [2.24, 2.45) is 0 Å². The second-order valence-corrected chi connectivity index (χ2v) is 6.56. The van der Waals surface area contributed by atoms with Gasteiger partial charge in [0.2, 0.25) is 0 Å². The third-order valence-electron chi connectivity index (χ3n) is 4.02. The number of rotatable bonds is 8. The Bertz CT molecular complexity index is 567. The molecule has 21 heavy (non-hydrogen) atoms. The molecule has 0 spiro atoms. The first-order valence-electron chi connectivity index (χ1n) is 7.50. The molecule has 4 heteroatoms. The van der Waals surface area contributed by atoms with E-state index in [0.29, 0.717) is 6.04 Å². The average Bonchev–Trinajstić information content (AvgIpc) is 2.83. The van der Waals surface area contributed by atoms with Gasteiger partial charge in [-0.25, -0.2) is 0 Å². The van der Waals surface area contributed by atoms with Gasteiger partial charge in [-0.3, -0.25) is 4.90 Å². The molecule has 3 nitrogen and oxygen atoms in total. The number of nitrogens with zero attached hydrogens (tertiary/aromatic N) is 1. The van der Waals surface area contributed by atoms with E-state index in [1.54, 1.807) is 0 Å². The minimum absolute atomic E-state index is 0.577. The van der Waals surface area contributed by atoms with Gasteiger partial charge < -0.3 is 9.73 Å². The first kappa shape index (κ1) is 16.4. The lowest BCUT2D eigenvalue weighted by Gasteiger charge is -2.24. The van der Waals surface area contributed by atoms with E-state index in [4.69, 9.17) is 4.42 Å². The van der Waals surface area contributed by atoms with Gasteiger partial charge in [0.15, 0.2) is 0 Å². The third kappa shape index (κ3) is 4.02. The molecule has 1 aromatic heterocycles. The van der Waals surface area contributed by atoms with Gasteiger partial charge >= 0.3 is 0 Å². The van der Waals surface area contributed by atoms with Crippen molar-refractivity contribution in [3.8, 4) is 0 Å². The topological polar surface area (TPSA) is 28.4 Å². The van der Waals surface area contributed by atoms with Crippen molar-refractivity contribution in [2.45, 2.75) is 32.5 Å².